The lowest BCUT2D eigenvalue weighted by Crippen LogP contribution is -2.44. The molecule has 2 atom stereocenters. The van der Waals surface area contributed by atoms with Gasteiger partial charge in [-0.05, 0) is 47.6 Å². The number of carbonyl (C=O) groups is 1. The highest BCUT2D eigenvalue weighted by atomic mass is 32.1. The lowest BCUT2D eigenvalue weighted by molar-refractivity contribution is -0.0707. The van der Waals surface area contributed by atoms with Crippen molar-refractivity contribution in [2.75, 3.05) is 18.4 Å². The molecule has 27 heavy (non-hydrogen) atoms. The molecule has 3 rings (SSSR count). The summed E-state index contributed by atoms with van der Waals surface area (Å²) in [5.41, 5.74) is 3.80. The number of anilines is 1. The summed E-state index contributed by atoms with van der Waals surface area (Å²) in [5, 5.41) is 5.64. The normalized spacial score (nSPS) is 21.0. The quantitative estimate of drug-likeness (QED) is 0.838. The van der Waals surface area contributed by atoms with Crippen molar-refractivity contribution in [2.24, 2.45) is 0 Å². The zero-order chi connectivity index (χ0) is 19.7. The van der Waals surface area contributed by atoms with Crippen LogP contribution in [0.15, 0.2) is 11.4 Å². The number of thiazole rings is 1. The van der Waals surface area contributed by atoms with Gasteiger partial charge in [0.2, 0.25) is 0 Å². The molecule has 3 heterocycles. The topological polar surface area (TPSA) is 59.4 Å². The first-order valence-electron chi connectivity index (χ1n) is 9.56. The zero-order valence-electron chi connectivity index (χ0n) is 17.1. The Morgan fingerprint density at radius 1 is 1.33 bits per heavy atom. The number of nitrogens with zero attached hydrogens (tertiary/aromatic N) is 3. The van der Waals surface area contributed by atoms with Crippen LogP contribution in [-0.2, 0) is 11.3 Å². The smallest absolute Gasteiger partial charge is 0.259 e. The molecule has 6 nitrogen and oxygen atoms in total. The SMILES string of the molecule is Cc1cc(C(=O)Nc2nc(CN3CC(C)OC(C)C3)cs2)c(C)n1C(C)C. The van der Waals surface area contributed by atoms with Gasteiger partial charge in [-0.1, -0.05) is 0 Å². The number of aromatic nitrogens is 2. The van der Waals surface area contributed by atoms with E-state index in [2.05, 4.69) is 47.5 Å². The third-order valence-electron chi connectivity index (χ3n) is 4.90. The van der Waals surface area contributed by atoms with Gasteiger partial charge in [0.1, 0.15) is 0 Å². The molecule has 1 fully saturated rings. The van der Waals surface area contributed by atoms with E-state index in [1.807, 2.05) is 25.3 Å². The van der Waals surface area contributed by atoms with E-state index in [0.29, 0.717) is 16.7 Å². The van der Waals surface area contributed by atoms with Crippen molar-refractivity contribution in [2.45, 2.75) is 66.3 Å². The Kier molecular flexibility index (Phi) is 6.03. The second-order valence-corrected chi connectivity index (χ2v) is 8.66. The second-order valence-electron chi connectivity index (χ2n) is 7.80. The Bertz CT molecular complexity index is 801. The van der Waals surface area contributed by atoms with Crippen LogP contribution in [0.25, 0.3) is 0 Å². The third-order valence-corrected chi connectivity index (χ3v) is 5.70. The molecule has 0 saturated carbocycles. The lowest BCUT2D eigenvalue weighted by atomic mass is 10.2. The summed E-state index contributed by atoms with van der Waals surface area (Å²) in [7, 11) is 0. The second kappa shape index (κ2) is 8.12. The van der Waals surface area contributed by atoms with Gasteiger partial charge in [0.25, 0.3) is 5.91 Å². The van der Waals surface area contributed by atoms with Gasteiger partial charge in [-0.25, -0.2) is 4.98 Å². The van der Waals surface area contributed by atoms with Gasteiger partial charge >= 0.3 is 0 Å². The number of hydrogen-bond acceptors (Lipinski definition) is 5. The standard InChI is InChI=1S/C20H30N4O2S/c1-12(2)24-13(3)7-18(16(24)6)19(25)22-20-21-17(11-27-20)10-23-8-14(4)26-15(5)9-23/h7,11-12,14-15H,8-10H2,1-6H3,(H,21,22,25). The van der Waals surface area contributed by atoms with Crippen LogP contribution < -0.4 is 5.32 Å². The number of amides is 1. The molecule has 1 aliphatic rings. The molecule has 2 aromatic heterocycles. The summed E-state index contributed by atoms with van der Waals surface area (Å²) in [4.78, 5) is 19.7. The van der Waals surface area contributed by atoms with Gasteiger partial charge in [0.15, 0.2) is 5.13 Å². The van der Waals surface area contributed by atoms with E-state index in [9.17, 15) is 4.79 Å². The average molecular weight is 391 g/mol. The highest BCUT2D eigenvalue weighted by Gasteiger charge is 2.23. The Balaban J connectivity index is 1.66. The first kappa shape index (κ1) is 20.0. The molecule has 0 radical (unpaired) electrons. The van der Waals surface area contributed by atoms with E-state index in [1.54, 1.807) is 0 Å². The molecule has 148 valence electrons. The largest absolute Gasteiger partial charge is 0.373 e. The molecule has 1 aliphatic heterocycles. The fraction of sp³-hybridized carbons (Fsp3) is 0.600. The van der Waals surface area contributed by atoms with Crippen LogP contribution in [0, 0.1) is 13.8 Å². The van der Waals surface area contributed by atoms with Crippen LogP contribution in [0.5, 0.6) is 0 Å². The minimum atomic E-state index is -0.0930. The molecule has 2 unspecified atom stereocenters. The number of carbonyl (C=O) groups excluding carboxylic acids is 1. The van der Waals surface area contributed by atoms with E-state index in [1.165, 1.54) is 11.3 Å². The van der Waals surface area contributed by atoms with Gasteiger partial charge in [0, 0.05) is 42.4 Å². The average Bonchev–Trinajstić information content (AvgIpc) is 3.10. The van der Waals surface area contributed by atoms with Crippen LogP contribution in [-0.4, -0.2) is 45.7 Å². The van der Waals surface area contributed by atoms with E-state index < -0.39 is 0 Å². The van der Waals surface area contributed by atoms with Crippen LogP contribution in [0.2, 0.25) is 0 Å². The number of aryl methyl sites for hydroxylation is 1. The highest BCUT2D eigenvalue weighted by Crippen LogP contribution is 2.23. The van der Waals surface area contributed by atoms with Gasteiger partial charge in [0.05, 0.1) is 23.5 Å². The molecule has 1 N–H and O–H groups in total. The monoisotopic (exact) mass is 390 g/mol. The van der Waals surface area contributed by atoms with Gasteiger partial charge in [-0.15, -0.1) is 11.3 Å². The minimum Gasteiger partial charge on any atom is -0.373 e. The van der Waals surface area contributed by atoms with E-state index >= 15 is 0 Å². The number of ether oxygens (including phenoxy) is 1. The Labute approximate surface area is 165 Å². The summed E-state index contributed by atoms with van der Waals surface area (Å²) >= 11 is 1.48. The van der Waals surface area contributed by atoms with E-state index in [-0.39, 0.29) is 18.1 Å². The molecule has 1 saturated heterocycles. The predicted octanol–water partition coefficient (Wildman–Crippen LogP) is 4.00. The van der Waals surface area contributed by atoms with E-state index in [4.69, 9.17) is 4.74 Å². The highest BCUT2D eigenvalue weighted by molar-refractivity contribution is 7.14. The summed E-state index contributed by atoms with van der Waals surface area (Å²) in [5.74, 6) is -0.0930. The van der Waals surface area contributed by atoms with Gasteiger partial charge < -0.3 is 9.30 Å². The van der Waals surface area contributed by atoms with E-state index in [0.717, 1.165) is 36.7 Å². The maximum absolute atomic E-state index is 12.7. The van der Waals surface area contributed by atoms with Crippen molar-refractivity contribution < 1.29 is 9.53 Å². The molecule has 0 spiro atoms. The van der Waals surface area contributed by atoms with Crippen molar-refractivity contribution in [1.82, 2.24) is 14.5 Å². The Hall–Kier alpha value is -1.70. The molecule has 0 bridgehead atoms. The molecular weight excluding hydrogens is 360 g/mol. The predicted molar refractivity (Wildman–Crippen MR) is 110 cm³/mol. The van der Waals surface area contributed by atoms with Crippen molar-refractivity contribution in [3.63, 3.8) is 0 Å². The Morgan fingerprint density at radius 2 is 2.00 bits per heavy atom. The van der Waals surface area contributed by atoms with Crippen molar-refractivity contribution in [1.29, 1.82) is 0 Å². The number of morpholine rings is 1. The summed E-state index contributed by atoms with van der Waals surface area (Å²) in [6.07, 6.45) is 0.477. The van der Waals surface area contributed by atoms with Crippen LogP contribution in [0.1, 0.15) is 61.2 Å². The zero-order valence-corrected chi connectivity index (χ0v) is 17.9. The summed E-state index contributed by atoms with van der Waals surface area (Å²) in [6, 6.07) is 2.28. The van der Waals surface area contributed by atoms with Crippen LogP contribution in [0.3, 0.4) is 0 Å². The lowest BCUT2D eigenvalue weighted by Gasteiger charge is -2.34. The van der Waals surface area contributed by atoms with Crippen LogP contribution >= 0.6 is 11.3 Å². The van der Waals surface area contributed by atoms with Gasteiger partial charge in [-0.3, -0.25) is 15.0 Å². The van der Waals surface area contributed by atoms with Crippen molar-refractivity contribution in [3.8, 4) is 0 Å². The number of rotatable bonds is 5. The maximum atomic E-state index is 12.7. The number of nitrogens with one attached hydrogen (secondary N) is 1. The fourth-order valence-corrected chi connectivity index (χ4v) is 4.74. The van der Waals surface area contributed by atoms with Crippen molar-refractivity contribution >= 4 is 22.4 Å². The molecule has 1 amide bonds. The molecule has 0 aromatic carbocycles. The third kappa shape index (κ3) is 4.59. The summed E-state index contributed by atoms with van der Waals surface area (Å²) < 4.78 is 7.97. The maximum Gasteiger partial charge on any atom is 0.259 e. The number of hydrogen-bond donors (Lipinski definition) is 1. The fourth-order valence-electron chi connectivity index (χ4n) is 4.05. The molecule has 7 heteroatoms. The first-order valence-corrected chi connectivity index (χ1v) is 10.4. The molecule has 2 aromatic rings. The first-order chi connectivity index (χ1) is 12.7. The summed E-state index contributed by atoms with van der Waals surface area (Å²) in [6.45, 7) is 15.1. The molecular formula is C20H30N4O2S. The Morgan fingerprint density at radius 3 is 2.59 bits per heavy atom. The molecule has 0 aliphatic carbocycles. The van der Waals surface area contributed by atoms with Crippen LogP contribution in [0.4, 0.5) is 5.13 Å². The van der Waals surface area contributed by atoms with Crippen molar-refractivity contribution in [3.05, 3.63) is 34.1 Å². The minimum absolute atomic E-state index is 0.0930. The van der Waals surface area contributed by atoms with Gasteiger partial charge in [-0.2, -0.15) is 0 Å².